The second kappa shape index (κ2) is 44.3. The van der Waals surface area contributed by atoms with Crippen LogP contribution < -0.4 is 81.3 Å². The summed E-state index contributed by atoms with van der Waals surface area (Å²) in [5.74, 6) is 13.3. The zero-order valence-electron chi connectivity index (χ0n) is 13.5. The van der Waals surface area contributed by atoms with Crippen LogP contribution in [0.4, 0.5) is 0 Å². The van der Waals surface area contributed by atoms with E-state index in [1.165, 1.54) is 0 Å². The fourth-order valence-electron chi connectivity index (χ4n) is 0. The first-order valence-electron chi connectivity index (χ1n) is 4.27. The minimum Gasteiger partial charge on any atom is -0.854 e. The molecular weight excluding hydrogens is 558 g/mol. The maximum atomic E-state index is 8.48. The summed E-state index contributed by atoms with van der Waals surface area (Å²) < 4.78 is 0. The first kappa shape index (κ1) is 50.0. The molecule has 0 radical (unpaired) electrons. The van der Waals surface area contributed by atoms with Crippen LogP contribution in [-0.4, -0.2) is 17.9 Å². The molecule has 0 saturated heterocycles. The van der Waals surface area contributed by atoms with Crippen LogP contribution in [0.15, 0.2) is 15.3 Å². The second-order valence-electron chi connectivity index (χ2n) is 2.11. The van der Waals surface area contributed by atoms with E-state index >= 15 is 0 Å². The Labute approximate surface area is 189 Å². The number of guanidine groups is 3. The van der Waals surface area contributed by atoms with Gasteiger partial charge in [-0.15, -0.1) is 15.3 Å². The third kappa shape index (κ3) is 376. The summed E-state index contributed by atoms with van der Waals surface area (Å²) in [6.07, 6.45) is 0. The molecule has 0 aliphatic heterocycles. The summed E-state index contributed by atoms with van der Waals surface area (Å²) >= 11 is 0. The molecule has 0 rings (SSSR count). The average Bonchev–Trinajstić information content (AvgIpc) is 2.38. The average molecular weight is 576 g/mol. The van der Waals surface area contributed by atoms with E-state index in [1.54, 1.807) is 0 Å². The minimum atomic E-state index is -3.37. The molecule has 0 aromatic rings. The Morgan fingerprint density at radius 2 is 0.500 bits per heavy atom. The van der Waals surface area contributed by atoms with E-state index in [0.717, 1.165) is 0 Å². The van der Waals surface area contributed by atoms with Crippen LogP contribution in [-0.2, 0) is 58.4 Å². The normalized spacial score (nSPS) is 6.46. The van der Waals surface area contributed by atoms with E-state index in [0.29, 0.717) is 0 Å². The third-order valence-corrected chi connectivity index (χ3v) is 0.447. The Morgan fingerprint density at radius 3 is 0.500 bits per heavy atom. The molecule has 23 heteroatoms. The molecule has 0 fully saturated rings. The first-order valence-corrected chi connectivity index (χ1v) is 6.46. The Balaban J connectivity index is -0.0000000253. The van der Waals surface area contributed by atoms with Crippen molar-refractivity contribution in [3.05, 3.63) is 0 Å². The molecule has 0 aliphatic rings. The van der Waals surface area contributed by atoms with Crippen LogP contribution in [0.2, 0.25) is 0 Å². The summed E-state index contributed by atoms with van der Waals surface area (Å²) in [4.78, 5) is 50.9. The van der Waals surface area contributed by atoms with Gasteiger partial charge in [-0.05, 0) is 0 Å². The summed E-state index contributed by atoms with van der Waals surface area (Å²) in [6, 6.07) is 0. The Hall–Kier alpha value is -0.300. The molecule has 0 unspecified atom stereocenters. The number of hydrogen-bond donors (Lipinski definition) is 9. The summed E-state index contributed by atoms with van der Waals surface area (Å²) in [5.41, 5.74) is 28.2. The standard InChI is InChI=1S/3CH6N4.2O3P.3Zn/c3*2-1(3)5-4;2*1-4(2)3;;;/h3*4H2,(H4,2,3,5);;;;;/q;;;2*-3;3*+2. The van der Waals surface area contributed by atoms with Crippen molar-refractivity contribution in [1.29, 1.82) is 0 Å². The smallest absolute Gasteiger partial charge is 0.854 e. The molecule has 0 spiro atoms. The van der Waals surface area contributed by atoms with Gasteiger partial charge in [-0.3, -0.25) is 0 Å². The van der Waals surface area contributed by atoms with Gasteiger partial charge in [-0.1, -0.05) is 0 Å². The van der Waals surface area contributed by atoms with E-state index < -0.39 is 17.2 Å². The van der Waals surface area contributed by atoms with E-state index in [1.807, 2.05) is 0 Å². The zero-order valence-corrected chi connectivity index (χ0v) is 24.2. The molecule has 18 N–H and O–H groups in total. The van der Waals surface area contributed by atoms with Crippen molar-refractivity contribution >= 4 is 35.1 Å². The van der Waals surface area contributed by atoms with Crippen molar-refractivity contribution in [2.24, 2.45) is 67.2 Å². The number of rotatable bonds is 0. The molecule has 0 heterocycles. The molecule has 0 amide bonds. The summed E-state index contributed by atoms with van der Waals surface area (Å²) in [6.45, 7) is 0. The Kier molecular flexibility index (Phi) is 85.2. The van der Waals surface area contributed by atoms with Gasteiger partial charge in [-0.2, -0.15) is 0 Å². The van der Waals surface area contributed by atoms with Crippen LogP contribution in [0.25, 0.3) is 0 Å². The molecule has 0 aromatic carbocycles. The van der Waals surface area contributed by atoms with Gasteiger partial charge in [0.05, 0.1) is 0 Å². The fourth-order valence-corrected chi connectivity index (χ4v) is 0. The SMILES string of the molecule is NN=C(N)N.NN=C(N)N.NN=C(N)N.[O-]P([O-])[O-].[O-]P([O-])[O-].[Zn+2].[Zn+2].[Zn+2]. The molecule has 0 saturated carbocycles. The van der Waals surface area contributed by atoms with Crippen molar-refractivity contribution in [3.8, 4) is 0 Å². The maximum Gasteiger partial charge on any atom is 2.00 e. The first-order chi connectivity index (χ1) is 10.3. The van der Waals surface area contributed by atoms with Gasteiger partial charge >= 0.3 is 58.4 Å². The van der Waals surface area contributed by atoms with Crippen molar-refractivity contribution in [3.63, 3.8) is 0 Å². The van der Waals surface area contributed by atoms with E-state index in [9.17, 15) is 0 Å². The van der Waals surface area contributed by atoms with Gasteiger partial charge < -0.3 is 98.5 Å². The number of nitrogens with two attached hydrogens (primary N) is 9. The molecule has 0 bridgehead atoms. The van der Waals surface area contributed by atoms with Crippen molar-refractivity contribution in [2.45, 2.75) is 0 Å². The third-order valence-electron chi connectivity index (χ3n) is 0.447. The second-order valence-corrected chi connectivity index (χ2v) is 3.00. The number of hydrogen-bond acceptors (Lipinski definition) is 12. The topological polar surface area (TPSA) is 410 Å². The van der Waals surface area contributed by atoms with E-state index in [4.69, 9.17) is 63.8 Å². The Morgan fingerprint density at radius 1 is 0.462 bits per heavy atom. The number of hydrazone groups is 3. The Bertz CT molecular complexity index is 263. The molecule has 0 atom stereocenters. The maximum absolute atomic E-state index is 8.48. The van der Waals surface area contributed by atoms with Crippen LogP contribution in [0.5, 0.6) is 0 Å². The monoisotopic (exact) mass is 572 g/mol. The predicted molar refractivity (Wildman–Crippen MR) is 73.8 cm³/mol. The largest absolute Gasteiger partial charge is 2.00 e. The molecular formula is C3H18N12O6P2Zn3. The van der Waals surface area contributed by atoms with Gasteiger partial charge in [0, 0.05) is 0 Å². The van der Waals surface area contributed by atoms with Crippen molar-refractivity contribution in [1.82, 2.24) is 0 Å². The van der Waals surface area contributed by atoms with Crippen LogP contribution in [0.1, 0.15) is 0 Å². The fraction of sp³-hybridized carbons (Fsp3) is 0. The van der Waals surface area contributed by atoms with Crippen molar-refractivity contribution in [2.75, 3.05) is 0 Å². The van der Waals surface area contributed by atoms with Gasteiger partial charge in [0.2, 0.25) is 17.9 Å². The van der Waals surface area contributed by atoms with Crippen LogP contribution in [0.3, 0.4) is 0 Å². The van der Waals surface area contributed by atoms with Gasteiger partial charge in [0.1, 0.15) is 0 Å². The quantitative estimate of drug-likeness (QED) is 0.0323. The zero-order chi connectivity index (χ0) is 20.0. The van der Waals surface area contributed by atoms with Gasteiger partial charge in [-0.25, -0.2) is 0 Å². The van der Waals surface area contributed by atoms with Gasteiger partial charge in [0.25, 0.3) is 0 Å². The van der Waals surface area contributed by atoms with Gasteiger partial charge in [0.15, 0.2) is 0 Å². The molecule has 18 nitrogen and oxygen atoms in total. The van der Waals surface area contributed by atoms with Crippen LogP contribution in [0, 0.1) is 0 Å². The van der Waals surface area contributed by atoms with E-state index in [-0.39, 0.29) is 76.3 Å². The minimum absolute atomic E-state index is 0. The molecule has 0 aliphatic carbocycles. The molecule has 142 valence electrons. The van der Waals surface area contributed by atoms with Crippen LogP contribution >= 0.6 is 17.2 Å². The molecule has 0 aromatic heterocycles. The van der Waals surface area contributed by atoms with E-state index in [2.05, 4.69) is 32.8 Å². The van der Waals surface area contributed by atoms with Crippen molar-refractivity contribution < 1.29 is 87.8 Å². The summed E-state index contributed by atoms with van der Waals surface area (Å²) in [7, 11) is -6.74. The summed E-state index contributed by atoms with van der Waals surface area (Å²) in [5, 5.41) is 8.58. The number of nitrogens with zero attached hydrogens (tertiary/aromatic N) is 3. The predicted octanol–water partition coefficient (Wildman–Crippen LogP) is -11.0. The molecule has 26 heavy (non-hydrogen) atoms.